The van der Waals surface area contributed by atoms with E-state index in [1.165, 1.54) is 0 Å². The third-order valence-electron chi connectivity index (χ3n) is 2.10. The molecule has 1 atom stereocenters. The van der Waals surface area contributed by atoms with E-state index in [1.54, 1.807) is 0 Å². The number of nitrogens with zero attached hydrogens (tertiary/aromatic N) is 2. The van der Waals surface area contributed by atoms with Crippen LogP contribution in [0, 0.1) is 0 Å². The van der Waals surface area contributed by atoms with Crippen LogP contribution >= 0.6 is 0 Å². The highest BCUT2D eigenvalue weighted by atomic mass is 16.3. The molecule has 4 heteroatoms. The normalized spacial score (nSPS) is 12.6. The van der Waals surface area contributed by atoms with E-state index >= 15 is 0 Å². The zero-order valence-corrected chi connectivity index (χ0v) is 8.86. The summed E-state index contributed by atoms with van der Waals surface area (Å²) in [4.78, 5) is 6.36. The van der Waals surface area contributed by atoms with Crippen LogP contribution in [-0.2, 0) is 0 Å². The Kier molecular flexibility index (Phi) is 3.85. The summed E-state index contributed by atoms with van der Waals surface area (Å²) in [6, 6.07) is 5.70. The van der Waals surface area contributed by atoms with Gasteiger partial charge in [0.05, 0.1) is 18.3 Å². The highest BCUT2D eigenvalue weighted by Crippen LogP contribution is 2.13. The largest absolute Gasteiger partial charge is 0.394 e. The molecule has 0 fully saturated rings. The molecule has 0 saturated carbocycles. The molecule has 0 aromatic carbocycles. The highest BCUT2D eigenvalue weighted by molar-refractivity contribution is 5.37. The van der Waals surface area contributed by atoms with Crippen LogP contribution in [-0.4, -0.2) is 37.8 Å². The minimum Gasteiger partial charge on any atom is -0.394 e. The number of aliphatic hydroxyl groups is 1. The number of aliphatic hydroxyl groups excluding tert-OH is 1. The van der Waals surface area contributed by atoms with Crippen molar-refractivity contribution in [2.75, 3.05) is 32.6 Å². The number of rotatable bonds is 4. The topological polar surface area (TPSA) is 48.4 Å². The lowest BCUT2D eigenvalue weighted by Gasteiger charge is -2.16. The maximum Gasteiger partial charge on any atom is 0.128 e. The van der Waals surface area contributed by atoms with Gasteiger partial charge in [0.1, 0.15) is 5.82 Å². The van der Waals surface area contributed by atoms with E-state index in [-0.39, 0.29) is 12.6 Å². The second kappa shape index (κ2) is 4.93. The van der Waals surface area contributed by atoms with Crippen LogP contribution in [0.4, 0.5) is 5.82 Å². The average Bonchev–Trinajstić information content (AvgIpc) is 2.20. The van der Waals surface area contributed by atoms with Gasteiger partial charge in [-0.3, -0.25) is 0 Å². The third-order valence-corrected chi connectivity index (χ3v) is 2.10. The van der Waals surface area contributed by atoms with Crippen LogP contribution in [0.3, 0.4) is 0 Å². The quantitative estimate of drug-likeness (QED) is 0.730. The van der Waals surface area contributed by atoms with Crippen molar-refractivity contribution < 1.29 is 5.11 Å². The molecule has 0 bridgehead atoms. The Labute approximate surface area is 84.6 Å². The first-order valence-electron chi connectivity index (χ1n) is 4.61. The van der Waals surface area contributed by atoms with Gasteiger partial charge in [-0.1, -0.05) is 6.07 Å². The second-order valence-electron chi connectivity index (χ2n) is 3.34. The van der Waals surface area contributed by atoms with E-state index in [0.717, 1.165) is 11.5 Å². The summed E-state index contributed by atoms with van der Waals surface area (Å²) in [6.07, 6.45) is 0. The molecule has 14 heavy (non-hydrogen) atoms. The average molecular weight is 195 g/mol. The van der Waals surface area contributed by atoms with Gasteiger partial charge in [-0.15, -0.1) is 0 Å². The van der Waals surface area contributed by atoms with Crippen molar-refractivity contribution in [1.82, 2.24) is 10.3 Å². The van der Waals surface area contributed by atoms with E-state index in [4.69, 9.17) is 5.11 Å². The van der Waals surface area contributed by atoms with E-state index in [2.05, 4.69) is 10.3 Å². The number of nitrogens with one attached hydrogen (secondary N) is 1. The third kappa shape index (κ3) is 2.43. The molecule has 1 aromatic rings. The molecule has 2 N–H and O–H groups in total. The Balaban J connectivity index is 2.92. The van der Waals surface area contributed by atoms with E-state index in [1.807, 2.05) is 44.2 Å². The number of hydrogen-bond acceptors (Lipinski definition) is 4. The lowest BCUT2D eigenvalue weighted by molar-refractivity contribution is 0.248. The molecule has 0 spiro atoms. The molecule has 1 heterocycles. The zero-order chi connectivity index (χ0) is 10.6. The SMILES string of the molecule is CNC(CO)c1cccc(N(C)C)n1. The minimum absolute atomic E-state index is 0.0559. The summed E-state index contributed by atoms with van der Waals surface area (Å²) in [6.45, 7) is 0.0559. The van der Waals surface area contributed by atoms with Crippen molar-refractivity contribution in [2.45, 2.75) is 6.04 Å². The summed E-state index contributed by atoms with van der Waals surface area (Å²) in [7, 11) is 5.70. The number of anilines is 1. The number of aromatic nitrogens is 1. The molecule has 0 radical (unpaired) electrons. The standard InChI is InChI=1S/C10H17N3O/c1-11-9(7-14)8-5-4-6-10(12-8)13(2)3/h4-6,9,11,14H,7H2,1-3H3. The molecule has 1 aromatic heterocycles. The van der Waals surface area contributed by atoms with Gasteiger partial charge in [0.15, 0.2) is 0 Å². The monoisotopic (exact) mass is 195 g/mol. The predicted molar refractivity (Wildman–Crippen MR) is 57.5 cm³/mol. The Bertz CT molecular complexity index is 284. The summed E-state index contributed by atoms with van der Waals surface area (Å²) < 4.78 is 0. The van der Waals surface area contributed by atoms with E-state index < -0.39 is 0 Å². The Morgan fingerprint density at radius 1 is 1.50 bits per heavy atom. The fourth-order valence-corrected chi connectivity index (χ4v) is 1.22. The number of likely N-dealkylation sites (N-methyl/N-ethyl adjacent to an activating group) is 1. The summed E-state index contributed by atoms with van der Waals surface area (Å²) >= 11 is 0. The fourth-order valence-electron chi connectivity index (χ4n) is 1.22. The predicted octanol–water partition coefficient (Wildman–Crippen LogP) is 0.400. The van der Waals surface area contributed by atoms with Crippen LogP contribution in [0.15, 0.2) is 18.2 Å². The van der Waals surface area contributed by atoms with Gasteiger partial charge in [0, 0.05) is 14.1 Å². The maximum absolute atomic E-state index is 9.09. The number of hydrogen-bond donors (Lipinski definition) is 2. The van der Waals surface area contributed by atoms with Gasteiger partial charge in [0.2, 0.25) is 0 Å². The van der Waals surface area contributed by atoms with Crippen molar-refractivity contribution in [3.63, 3.8) is 0 Å². The van der Waals surface area contributed by atoms with Gasteiger partial charge in [-0.25, -0.2) is 4.98 Å². The molecule has 1 unspecified atom stereocenters. The smallest absolute Gasteiger partial charge is 0.128 e. The molecule has 0 aliphatic heterocycles. The first-order chi connectivity index (χ1) is 6.69. The molecular formula is C10H17N3O. The molecule has 0 saturated heterocycles. The minimum atomic E-state index is -0.0881. The molecular weight excluding hydrogens is 178 g/mol. The van der Waals surface area contributed by atoms with Crippen LogP contribution < -0.4 is 10.2 Å². The van der Waals surface area contributed by atoms with Crippen LogP contribution in [0.1, 0.15) is 11.7 Å². The molecule has 1 rings (SSSR count). The molecule has 0 amide bonds. The van der Waals surface area contributed by atoms with Crippen LogP contribution in [0.25, 0.3) is 0 Å². The molecule has 0 aliphatic carbocycles. The van der Waals surface area contributed by atoms with Crippen LogP contribution in [0.5, 0.6) is 0 Å². The molecule has 78 valence electrons. The van der Waals surface area contributed by atoms with Crippen molar-refractivity contribution in [3.05, 3.63) is 23.9 Å². The molecule has 0 aliphatic rings. The van der Waals surface area contributed by atoms with Gasteiger partial charge in [-0.05, 0) is 19.2 Å². The Morgan fingerprint density at radius 3 is 2.71 bits per heavy atom. The first-order valence-corrected chi connectivity index (χ1v) is 4.61. The van der Waals surface area contributed by atoms with Gasteiger partial charge in [0.25, 0.3) is 0 Å². The van der Waals surface area contributed by atoms with E-state index in [0.29, 0.717) is 0 Å². The lowest BCUT2D eigenvalue weighted by atomic mass is 10.2. The first kappa shape index (κ1) is 10.9. The summed E-state index contributed by atoms with van der Waals surface area (Å²) in [5.41, 5.74) is 0.862. The maximum atomic E-state index is 9.09. The van der Waals surface area contributed by atoms with Gasteiger partial charge < -0.3 is 15.3 Å². The van der Waals surface area contributed by atoms with E-state index in [9.17, 15) is 0 Å². The lowest BCUT2D eigenvalue weighted by Crippen LogP contribution is -2.22. The fraction of sp³-hybridized carbons (Fsp3) is 0.500. The van der Waals surface area contributed by atoms with Crippen LogP contribution in [0.2, 0.25) is 0 Å². The van der Waals surface area contributed by atoms with Crippen molar-refractivity contribution >= 4 is 5.82 Å². The van der Waals surface area contributed by atoms with Crippen molar-refractivity contribution in [3.8, 4) is 0 Å². The summed E-state index contributed by atoms with van der Waals surface area (Å²) in [5, 5.41) is 12.1. The van der Waals surface area contributed by atoms with Crippen molar-refractivity contribution in [1.29, 1.82) is 0 Å². The van der Waals surface area contributed by atoms with Gasteiger partial charge >= 0.3 is 0 Å². The summed E-state index contributed by atoms with van der Waals surface area (Å²) in [5.74, 6) is 0.899. The Morgan fingerprint density at radius 2 is 2.21 bits per heavy atom. The second-order valence-corrected chi connectivity index (χ2v) is 3.34. The Hall–Kier alpha value is -1.13. The molecule has 4 nitrogen and oxygen atoms in total. The highest BCUT2D eigenvalue weighted by Gasteiger charge is 2.09. The van der Waals surface area contributed by atoms with Gasteiger partial charge in [-0.2, -0.15) is 0 Å². The number of pyridine rings is 1. The van der Waals surface area contributed by atoms with Crippen molar-refractivity contribution in [2.24, 2.45) is 0 Å². The zero-order valence-electron chi connectivity index (χ0n) is 8.86.